The molecule has 0 aromatic carbocycles. The molecule has 1 heterocycles. The maximum Gasteiger partial charge on any atom is 0.225 e. The van der Waals surface area contributed by atoms with Gasteiger partial charge in [-0.2, -0.15) is 0 Å². The van der Waals surface area contributed by atoms with Gasteiger partial charge < -0.3 is 9.84 Å². The summed E-state index contributed by atoms with van der Waals surface area (Å²) in [5, 5.41) is 6.25. The molecule has 1 aliphatic rings. The number of rotatable bonds is 8. The number of hydrogen-bond acceptors (Lipinski definition) is 6. The van der Waals surface area contributed by atoms with Crippen molar-refractivity contribution in [2.24, 2.45) is 0 Å². The van der Waals surface area contributed by atoms with Gasteiger partial charge in [0.2, 0.25) is 23.2 Å². The smallest absolute Gasteiger partial charge is 0.225 e. The lowest BCUT2D eigenvalue weighted by atomic mass is 10.0. The number of aromatic nitrogens is 1. The van der Waals surface area contributed by atoms with E-state index in [9.17, 15) is 14.4 Å². The van der Waals surface area contributed by atoms with Crippen molar-refractivity contribution in [3.05, 3.63) is 52.9 Å². The first-order chi connectivity index (χ1) is 11.5. The number of nitrogens with zero attached hydrogens (tertiary/aromatic N) is 1. The zero-order valence-corrected chi connectivity index (χ0v) is 14.1. The zero-order valence-electron chi connectivity index (χ0n) is 13.3. The summed E-state index contributed by atoms with van der Waals surface area (Å²) in [6.45, 7) is 5.36. The van der Waals surface area contributed by atoms with Gasteiger partial charge in [-0.25, -0.2) is 0 Å². The van der Waals surface area contributed by atoms with Gasteiger partial charge in [0.05, 0.1) is 16.7 Å². The van der Waals surface area contributed by atoms with E-state index in [-0.39, 0.29) is 28.8 Å². The van der Waals surface area contributed by atoms with E-state index in [2.05, 4.69) is 17.1 Å². The van der Waals surface area contributed by atoms with E-state index in [1.54, 1.807) is 19.1 Å². The number of amides is 1. The van der Waals surface area contributed by atoms with Crippen molar-refractivity contribution in [1.82, 2.24) is 10.5 Å². The topological polar surface area (TPSA) is 89.3 Å². The van der Waals surface area contributed by atoms with Gasteiger partial charge in [0, 0.05) is 18.2 Å². The Hall–Kier alpha value is -2.41. The Morgan fingerprint density at radius 1 is 1.42 bits per heavy atom. The van der Waals surface area contributed by atoms with Gasteiger partial charge in [-0.15, -0.1) is 11.8 Å². The van der Waals surface area contributed by atoms with Crippen LogP contribution in [0.1, 0.15) is 47.1 Å². The van der Waals surface area contributed by atoms with Crippen LogP contribution < -0.4 is 5.32 Å². The summed E-state index contributed by atoms with van der Waals surface area (Å²) in [4.78, 5) is 36.0. The first kappa shape index (κ1) is 17.9. The van der Waals surface area contributed by atoms with Crippen LogP contribution in [0.5, 0.6) is 0 Å². The van der Waals surface area contributed by atoms with Gasteiger partial charge >= 0.3 is 0 Å². The molecule has 1 N–H and O–H groups in total. The number of nitrogens with one attached hydrogen (secondary N) is 1. The Morgan fingerprint density at radius 2 is 2.21 bits per heavy atom. The SMILES string of the molecule is C=C/C=C(\C)NC(=O)CCCCSC1=CC(=O)c2oncc2C1=O. The normalized spacial score (nSPS) is 14.2. The van der Waals surface area contributed by atoms with Crippen molar-refractivity contribution in [3.63, 3.8) is 0 Å². The lowest BCUT2D eigenvalue weighted by Crippen LogP contribution is -2.20. The number of fused-ring (bicyclic) bond motifs is 1. The Bertz CT molecular complexity index is 731. The molecule has 1 amide bonds. The third-order valence-electron chi connectivity index (χ3n) is 3.28. The lowest BCUT2D eigenvalue weighted by molar-refractivity contribution is -0.120. The van der Waals surface area contributed by atoms with Crippen molar-refractivity contribution in [1.29, 1.82) is 0 Å². The van der Waals surface area contributed by atoms with E-state index in [1.165, 1.54) is 24.0 Å². The number of carbonyl (C=O) groups is 3. The van der Waals surface area contributed by atoms with Crippen molar-refractivity contribution >= 4 is 29.2 Å². The van der Waals surface area contributed by atoms with Gasteiger partial charge in [0.15, 0.2) is 0 Å². The van der Waals surface area contributed by atoms with E-state index < -0.39 is 0 Å². The van der Waals surface area contributed by atoms with Gasteiger partial charge in [0.25, 0.3) is 0 Å². The monoisotopic (exact) mass is 346 g/mol. The predicted molar refractivity (Wildman–Crippen MR) is 91.7 cm³/mol. The molecule has 0 aliphatic heterocycles. The molecular weight excluding hydrogens is 328 g/mol. The summed E-state index contributed by atoms with van der Waals surface area (Å²) in [6.07, 6.45) is 7.77. The number of unbranched alkanes of at least 4 members (excludes halogenated alkanes) is 1. The summed E-state index contributed by atoms with van der Waals surface area (Å²) in [5.41, 5.74) is 0.972. The highest BCUT2D eigenvalue weighted by atomic mass is 32.2. The van der Waals surface area contributed by atoms with Crippen LogP contribution >= 0.6 is 11.8 Å². The molecule has 126 valence electrons. The fourth-order valence-electron chi connectivity index (χ4n) is 2.14. The van der Waals surface area contributed by atoms with Gasteiger partial charge in [-0.3, -0.25) is 14.4 Å². The van der Waals surface area contributed by atoms with E-state index in [0.29, 0.717) is 23.5 Å². The Labute approximate surface area is 144 Å². The van der Waals surface area contributed by atoms with Crippen LogP contribution in [0.15, 0.2) is 46.1 Å². The fourth-order valence-corrected chi connectivity index (χ4v) is 3.14. The van der Waals surface area contributed by atoms with Crippen LogP contribution in [0, 0.1) is 0 Å². The van der Waals surface area contributed by atoms with Crippen LogP contribution in [0.3, 0.4) is 0 Å². The van der Waals surface area contributed by atoms with Crippen molar-refractivity contribution in [2.45, 2.75) is 26.2 Å². The molecule has 0 bridgehead atoms. The molecule has 0 saturated carbocycles. The zero-order chi connectivity index (χ0) is 17.5. The highest BCUT2D eigenvalue weighted by Crippen LogP contribution is 2.28. The Balaban J connectivity index is 1.72. The van der Waals surface area contributed by atoms with E-state index in [0.717, 1.165) is 12.1 Å². The van der Waals surface area contributed by atoms with E-state index >= 15 is 0 Å². The Morgan fingerprint density at radius 3 is 2.96 bits per heavy atom. The number of Topliss-reactive ketones (excluding diaryl/α,β-unsaturated/α-hetero) is 1. The molecule has 0 spiro atoms. The number of hydrogen-bond donors (Lipinski definition) is 1. The first-order valence-electron chi connectivity index (χ1n) is 7.50. The van der Waals surface area contributed by atoms with Gasteiger partial charge in [0.1, 0.15) is 0 Å². The minimum atomic E-state index is -0.339. The van der Waals surface area contributed by atoms with Crippen LogP contribution in [0.4, 0.5) is 0 Å². The van der Waals surface area contributed by atoms with Crippen LogP contribution in [0.25, 0.3) is 0 Å². The third kappa shape index (κ3) is 4.55. The quantitative estimate of drug-likeness (QED) is 0.575. The molecular formula is C17H18N2O4S. The number of thioether (sulfide) groups is 1. The third-order valence-corrected chi connectivity index (χ3v) is 4.39. The summed E-state index contributed by atoms with van der Waals surface area (Å²) in [5.74, 6) is 0.0318. The summed E-state index contributed by atoms with van der Waals surface area (Å²) >= 11 is 1.31. The maximum absolute atomic E-state index is 12.2. The van der Waals surface area contributed by atoms with Crippen LogP contribution in [-0.4, -0.2) is 28.4 Å². The van der Waals surface area contributed by atoms with Crippen molar-refractivity contribution in [2.75, 3.05) is 5.75 Å². The summed E-state index contributed by atoms with van der Waals surface area (Å²) < 4.78 is 4.78. The lowest BCUT2D eigenvalue weighted by Gasteiger charge is -2.09. The largest absolute Gasteiger partial charge is 0.352 e. The molecule has 6 nitrogen and oxygen atoms in total. The number of carbonyl (C=O) groups excluding carboxylic acids is 3. The van der Waals surface area contributed by atoms with E-state index in [4.69, 9.17) is 4.52 Å². The van der Waals surface area contributed by atoms with Gasteiger partial charge in [-0.1, -0.05) is 17.8 Å². The van der Waals surface area contributed by atoms with Crippen molar-refractivity contribution in [3.8, 4) is 0 Å². The average Bonchev–Trinajstić information content (AvgIpc) is 3.02. The molecule has 7 heteroatoms. The van der Waals surface area contributed by atoms with E-state index in [1.807, 2.05) is 0 Å². The maximum atomic E-state index is 12.2. The molecule has 0 radical (unpaired) electrons. The molecule has 0 fully saturated rings. The second-order valence-electron chi connectivity index (χ2n) is 5.21. The molecule has 1 aromatic heterocycles. The number of ketones is 2. The van der Waals surface area contributed by atoms with Crippen LogP contribution in [-0.2, 0) is 4.79 Å². The fraction of sp³-hybridized carbons (Fsp3) is 0.294. The molecule has 0 saturated heterocycles. The Kier molecular flexibility index (Phi) is 6.31. The highest BCUT2D eigenvalue weighted by Gasteiger charge is 2.29. The molecule has 1 aromatic rings. The second-order valence-corrected chi connectivity index (χ2v) is 6.35. The molecule has 0 atom stereocenters. The molecule has 2 rings (SSSR count). The predicted octanol–water partition coefficient (Wildman–Crippen LogP) is 3.05. The number of allylic oxidation sites excluding steroid dienone is 5. The molecule has 1 aliphatic carbocycles. The summed E-state index contributed by atoms with van der Waals surface area (Å²) in [6, 6.07) is 0. The minimum absolute atomic E-state index is 0.00368. The minimum Gasteiger partial charge on any atom is -0.352 e. The first-order valence-corrected chi connectivity index (χ1v) is 8.49. The standard InChI is InChI=1S/C17H18N2O4S/c1-3-6-11(2)19-15(21)7-4-5-8-24-14-9-13(20)17-12(16(14)22)10-18-23-17/h3,6,9-10H,1,4-5,7-8H2,2H3,(H,19,21)/b11-6+. The average molecular weight is 346 g/mol. The highest BCUT2D eigenvalue weighted by molar-refractivity contribution is 8.04. The summed E-state index contributed by atoms with van der Waals surface area (Å²) in [7, 11) is 0. The molecule has 0 unspecified atom stereocenters. The van der Waals surface area contributed by atoms with Crippen molar-refractivity contribution < 1.29 is 18.9 Å². The van der Waals surface area contributed by atoms with Crippen LogP contribution in [0.2, 0.25) is 0 Å². The molecule has 24 heavy (non-hydrogen) atoms. The second kappa shape index (κ2) is 8.44. The van der Waals surface area contributed by atoms with Gasteiger partial charge in [-0.05, 0) is 31.6 Å².